The molecule has 0 aliphatic rings. The molecule has 0 N–H and O–H groups in total. The van der Waals surface area contributed by atoms with Gasteiger partial charge in [-0.2, -0.15) is 0 Å². The van der Waals surface area contributed by atoms with E-state index >= 15 is 0 Å². The zero-order valence-electron chi connectivity index (χ0n) is 8.53. The number of thioether (sulfide) groups is 1. The Bertz CT molecular complexity index is 173. The lowest BCUT2D eigenvalue weighted by Crippen LogP contribution is -2.23. The molecule has 0 aliphatic carbocycles. The third kappa shape index (κ3) is 5.87. The summed E-state index contributed by atoms with van der Waals surface area (Å²) in [7, 11) is 7.33. The largest absolute Gasteiger partial charge is 0.364 e. The Hall–Kier alpha value is -0.290. The van der Waals surface area contributed by atoms with Crippen molar-refractivity contribution in [2.75, 3.05) is 33.9 Å². The minimum atomic E-state index is 0.147. The van der Waals surface area contributed by atoms with Crippen molar-refractivity contribution in [1.29, 1.82) is 0 Å². The van der Waals surface area contributed by atoms with Gasteiger partial charge in [0.05, 0.1) is 0 Å². The molecule has 0 aliphatic heterocycles. The fourth-order valence-electron chi connectivity index (χ4n) is 0.578. The number of hydrogen-bond donors (Lipinski definition) is 0. The van der Waals surface area contributed by atoms with Crippen molar-refractivity contribution < 1.29 is 4.79 Å². The molecule has 0 spiro atoms. The Morgan fingerprint density at radius 1 is 1.23 bits per heavy atom. The average molecular weight is 220 g/mol. The highest BCUT2D eigenvalue weighted by molar-refractivity contribution is 8.22. The summed E-state index contributed by atoms with van der Waals surface area (Å²) in [6, 6.07) is 0. The molecule has 1 amide bonds. The molecule has 0 unspecified atom stereocenters. The molecule has 13 heavy (non-hydrogen) atoms. The van der Waals surface area contributed by atoms with Crippen molar-refractivity contribution in [3.8, 4) is 0 Å². The molecule has 76 valence electrons. The van der Waals surface area contributed by atoms with E-state index in [9.17, 15) is 4.79 Å². The van der Waals surface area contributed by atoms with Crippen molar-refractivity contribution in [3.05, 3.63) is 0 Å². The maximum atomic E-state index is 11.1. The van der Waals surface area contributed by atoms with Crippen molar-refractivity contribution >= 4 is 34.2 Å². The molecule has 0 aromatic heterocycles. The van der Waals surface area contributed by atoms with Crippen LogP contribution in [-0.4, -0.2) is 54.0 Å². The summed E-state index contributed by atoms with van der Waals surface area (Å²) < 4.78 is 0.826. The first-order chi connectivity index (χ1) is 5.95. The Kier molecular flexibility index (Phi) is 6.07. The molecule has 0 radical (unpaired) electrons. The summed E-state index contributed by atoms with van der Waals surface area (Å²) in [6.45, 7) is 0. The zero-order chi connectivity index (χ0) is 10.4. The first-order valence-corrected chi connectivity index (χ1v) is 5.38. The van der Waals surface area contributed by atoms with Crippen LogP contribution < -0.4 is 0 Å². The van der Waals surface area contributed by atoms with Crippen molar-refractivity contribution in [3.63, 3.8) is 0 Å². The van der Waals surface area contributed by atoms with E-state index in [2.05, 4.69) is 0 Å². The molecule has 0 saturated heterocycles. The molecule has 0 heterocycles. The van der Waals surface area contributed by atoms with Crippen LogP contribution >= 0.6 is 24.0 Å². The quantitative estimate of drug-likeness (QED) is 0.663. The number of carbonyl (C=O) groups is 1. The molecule has 3 nitrogen and oxygen atoms in total. The van der Waals surface area contributed by atoms with Gasteiger partial charge in [0.2, 0.25) is 5.91 Å². The monoisotopic (exact) mass is 220 g/mol. The van der Waals surface area contributed by atoms with Crippen LogP contribution in [0, 0.1) is 0 Å². The Balaban J connectivity index is 3.57. The third-order valence-corrected chi connectivity index (χ3v) is 3.14. The molecular formula is C8H16N2OS2. The van der Waals surface area contributed by atoms with E-state index < -0.39 is 0 Å². The lowest BCUT2D eigenvalue weighted by molar-refractivity contribution is -0.128. The van der Waals surface area contributed by atoms with Gasteiger partial charge in [0.15, 0.2) is 0 Å². The molecule has 0 aromatic rings. The van der Waals surface area contributed by atoms with Crippen LogP contribution in [0.3, 0.4) is 0 Å². The molecule has 5 heteroatoms. The van der Waals surface area contributed by atoms with Gasteiger partial charge in [-0.05, 0) is 0 Å². The fourth-order valence-corrected chi connectivity index (χ4v) is 1.54. The predicted molar refractivity (Wildman–Crippen MR) is 62.1 cm³/mol. The normalized spacial score (nSPS) is 9.54. The minimum Gasteiger partial charge on any atom is -0.364 e. The lowest BCUT2D eigenvalue weighted by Gasteiger charge is -2.13. The van der Waals surface area contributed by atoms with Gasteiger partial charge >= 0.3 is 0 Å². The number of nitrogens with zero attached hydrogens (tertiary/aromatic N) is 2. The van der Waals surface area contributed by atoms with Crippen LogP contribution in [0.15, 0.2) is 0 Å². The second-order valence-corrected chi connectivity index (χ2v) is 4.78. The standard InChI is InChI=1S/C8H16N2OS2/c1-9(2)7(11)5-6-13-8(12)10(3)4/h5-6H2,1-4H3. The number of carbonyl (C=O) groups excluding carboxylic acids is 1. The summed E-state index contributed by atoms with van der Waals surface area (Å²) in [5.74, 6) is 0.905. The van der Waals surface area contributed by atoms with Crippen LogP contribution in [0.5, 0.6) is 0 Å². The predicted octanol–water partition coefficient (Wildman–Crippen LogP) is 1.04. The Labute approximate surface area is 89.5 Å². The van der Waals surface area contributed by atoms with Gasteiger partial charge in [0.25, 0.3) is 0 Å². The third-order valence-electron chi connectivity index (χ3n) is 1.41. The maximum absolute atomic E-state index is 11.1. The second kappa shape index (κ2) is 6.21. The molecule has 0 rings (SSSR count). The van der Waals surface area contributed by atoms with Gasteiger partial charge in [0, 0.05) is 40.4 Å². The van der Waals surface area contributed by atoms with Gasteiger partial charge < -0.3 is 9.80 Å². The van der Waals surface area contributed by atoms with E-state index in [1.165, 1.54) is 0 Å². The Morgan fingerprint density at radius 3 is 2.15 bits per heavy atom. The maximum Gasteiger partial charge on any atom is 0.222 e. The molecular weight excluding hydrogens is 204 g/mol. The molecule has 0 aromatic carbocycles. The van der Waals surface area contributed by atoms with E-state index in [0.717, 1.165) is 10.1 Å². The van der Waals surface area contributed by atoms with E-state index in [1.54, 1.807) is 30.8 Å². The number of rotatable bonds is 3. The molecule has 0 saturated carbocycles. The summed E-state index contributed by atoms with van der Waals surface area (Å²) in [6.07, 6.45) is 0.547. The highest BCUT2D eigenvalue weighted by Crippen LogP contribution is 2.08. The van der Waals surface area contributed by atoms with Crippen molar-refractivity contribution in [2.24, 2.45) is 0 Å². The van der Waals surface area contributed by atoms with Gasteiger partial charge in [-0.1, -0.05) is 24.0 Å². The van der Waals surface area contributed by atoms with Crippen LogP contribution in [0.25, 0.3) is 0 Å². The summed E-state index contributed by atoms with van der Waals surface area (Å²) in [4.78, 5) is 14.6. The number of amides is 1. The average Bonchev–Trinajstić information content (AvgIpc) is 2.03. The molecule has 0 fully saturated rings. The second-order valence-electron chi connectivity index (χ2n) is 3.05. The minimum absolute atomic E-state index is 0.147. The van der Waals surface area contributed by atoms with E-state index in [4.69, 9.17) is 12.2 Å². The zero-order valence-corrected chi connectivity index (χ0v) is 10.2. The number of hydrogen-bond acceptors (Lipinski definition) is 3. The van der Waals surface area contributed by atoms with Crippen LogP contribution in [0.2, 0.25) is 0 Å². The van der Waals surface area contributed by atoms with E-state index in [0.29, 0.717) is 6.42 Å². The topological polar surface area (TPSA) is 23.6 Å². The van der Waals surface area contributed by atoms with Gasteiger partial charge in [-0.3, -0.25) is 4.79 Å². The summed E-state index contributed by atoms with van der Waals surface area (Å²) in [5.41, 5.74) is 0. The van der Waals surface area contributed by atoms with Crippen LogP contribution in [0.1, 0.15) is 6.42 Å². The first kappa shape index (κ1) is 12.7. The van der Waals surface area contributed by atoms with E-state index in [-0.39, 0.29) is 5.91 Å². The highest BCUT2D eigenvalue weighted by atomic mass is 32.2. The van der Waals surface area contributed by atoms with Crippen molar-refractivity contribution in [2.45, 2.75) is 6.42 Å². The fraction of sp³-hybridized carbons (Fsp3) is 0.750. The smallest absolute Gasteiger partial charge is 0.222 e. The van der Waals surface area contributed by atoms with Crippen molar-refractivity contribution in [1.82, 2.24) is 9.80 Å². The Morgan fingerprint density at radius 2 is 1.77 bits per heavy atom. The SMILES string of the molecule is CN(C)C(=O)CCSC(=S)N(C)C. The van der Waals surface area contributed by atoms with Crippen LogP contribution in [0.4, 0.5) is 0 Å². The summed E-state index contributed by atoms with van der Waals surface area (Å²) in [5, 5.41) is 0. The highest BCUT2D eigenvalue weighted by Gasteiger charge is 2.05. The summed E-state index contributed by atoms with van der Waals surface area (Å²) >= 11 is 6.60. The van der Waals surface area contributed by atoms with Gasteiger partial charge in [0.1, 0.15) is 4.32 Å². The number of thiocarbonyl (C=S) groups is 1. The molecule has 0 atom stereocenters. The van der Waals surface area contributed by atoms with E-state index in [1.807, 2.05) is 19.0 Å². The molecule has 0 bridgehead atoms. The lowest BCUT2D eigenvalue weighted by atomic mass is 10.4. The first-order valence-electron chi connectivity index (χ1n) is 3.99. The van der Waals surface area contributed by atoms with Gasteiger partial charge in [-0.25, -0.2) is 0 Å². The van der Waals surface area contributed by atoms with Gasteiger partial charge in [-0.15, -0.1) is 0 Å². The van der Waals surface area contributed by atoms with Crippen LogP contribution in [-0.2, 0) is 4.79 Å².